The molecule has 140 valence electrons. The van der Waals surface area contributed by atoms with E-state index < -0.39 is 5.41 Å². The molecule has 1 N–H and O–H groups in total. The number of aryl methyl sites for hydroxylation is 1. The normalized spacial score (nSPS) is 16.3. The molecule has 1 aliphatic rings. The van der Waals surface area contributed by atoms with Crippen LogP contribution in [0, 0.1) is 18.2 Å². The Kier molecular flexibility index (Phi) is 6.23. The summed E-state index contributed by atoms with van der Waals surface area (Å²) in [5.41, 5.74) is 0.628. The van der Waals surface area contributed by atoms with Crippen molar-refractivity contribution >= 4 is 29.4 Å². The smallest absolute Gasteiger partial charge is 0.240 e. The molecule has 0 bridgehead atoms. The van der Waals surface area contributed by atoms with Crippen molar-refractivity contribution < 1.29 is 18.8 Å². The summed E-state index contributed by atoms with van der Waals surface area (Å²) < 4.78 is 13.5. The second-order valence-electron chi connectivity index (χ2n) is 7.23. The van der Waals surface area contributed by atoms with E-state index >= 15 is 0 Å². The zero-order valence-electron chi connectivity index (χ0n) is 15.4. The summed E-state index contributed by atoms with van der Waals surface area (Å²) in [6.45, 7) is 7.07. The molecule has 1 aromatic rings. The topological polar surface area (TPSA) is 66.5 Å². The second kappa shape index (κ2) is 8.03. The highest BCUT2D eigenvalue weighted by molar-refractivity contribution is 8.04. The Labute approximate surface area is 157 Å². The Hall–Kier alpha value is -2.15. The monoisotopic (exact) mass is 378 g/mol. The fraction of sp³-hybridized carbons (Fsp3) is 0.421. The lowest BCUT2D eigenvalue weighted by molar-refractivity contribution is -0.131. The Bertz CT molecular complexity index is 769. The van der Waals surface area contributed by atoms with Gasteiger partial charge in [0.15, 0.2) is 5.78 Å². The molecule has 0 spiro atoms. The van der Waals surface area contributed by atoms with Gasteiger partial charge in [0.05, 0.1) is 10.8 Å². The lowest BCUT2D eigenvalue weighted by Gasteiger charge is -2.19. The molecule has 0 saturated carbocycles. The number of nitrogens with one attached hydrogen (secondary N) is 1. The first-order valence-electron chi connectivity index (χ1n) is 8.29. The molecule has 0 radical (unpaired) electrons. The van der Waals surface area contributed by atoms with E-state index in [0.717, 1.165) is 0 Å². The van der Waals surface area contributed by atoms with E-state index in [-0.39, 0.29) is 42.3 Å². The molecule has 26 heavy (non-hydrogen) atoms. The van der Waals surface area contributed by atoms with E-state index in [4.69, 9.17) is 0 Å². The van der Waals surface area contributed by atoms with Gasteiger partial charge in [0.25, 0.3) is 0 Å². The van der Waals surface area contributed by atoms with Crippen molar-refractivity contribution in [3.05, 3.63) is 46.2 Å². The van der Waals surface area contributed by atoms with Crippen molar-refractivity contribution in [3.63, 3.8) is 0 Å². The predicted molar refractivity (Wildman–Crippen MR) is 99.7 cm³/mol. The zero-order valence-corrected chi connectivity index (χ0v) is 16.2. The largest absolute Gasteiger partial charge is 0.350 e. The molecule has 5 nitrogen and oxygen atoms in total. The van der Waals surface area contributed by atoms with Crippen LogP contribution in [-0.4, -0.2) is 34.8 Å². The van der Waals surface area contributed by atoms with Crippen LogP contribution in [0.15, 0.2) is 29.3 Å². The molecular formula is C19H23FN2O3S. The lowest BCUT2D eigenvalue weighted by atomic mass is 9.91. The maximum atomic E-state index is 13.5. The van der Waals surface area contributed by atoms with Crippen molar-refractivity contribution in [1.29, 1.82) is 0 Å². The summed E-state index contributed by atoms with van der Waals surface area (Å²) in [6.07, 6.45) is 1.43. The third-order valence-corrected chi connectivity index (χ3v) is 4.96. The quantitative estimate of drug-likeness (QED) is 0.800. The van der Waals surface area contributed by atoms with Gasteiger partial charge in [-0.3, -0.25) is 19.3 Å². The number of nitrogens with zero attached hydrogens (tertiary/aromatic N) is 1. The Morgan fingerprint density at radius 3 is 2.65 bits per heavy atom. The van der Waals surface area contributed by atoms with Crippen molar-refractivity contribution in [1.82, 2.24) is 10.2 Å². The van der Waals surface area contributed by atoms with Crippen molar-refractivity contribution in [2.24, 2.45) is 5.41 Å². The molecule has 1 aliphatic heterocycles. The molecule has 1 fully saturated rings. The number of benzene rings is 1. The van der Waals surface area contributed by atoms with Gasteiger partial charge in [-0.2, -0.15) is 0 Å². The van der Waals surface area contributed by atoms with Crippen molar-refractivity contribution in [3.8, 4) is 0 Å². The van der Waals surface area contributed by atoms with Gasteiger partial charge >= 0.3 is 0 Å². The summed E-state index contributed by atoms with van der Waals surface area (Å²) in [7, 11) is 0. The number of allylic oxidation sites excluding steroid dienone is 1. The summed E-state index contributed by atoms with van der Waals surface area (Å²) in [4.78, 5) is 37.7. The number of carbonyl (C=O) groups is 3. The van der Waals surface area contributed by atoms with Gasteiger partial charge in [0, 0.05) is 18.0 Å². The number of ketones is 1. The van der Waals surface area contributed by atoms with Crippen LogP contribution in [0.3, 0.4) is 0 Å². The van der Waals surface area contributed by atoms with Crippen LogP contribution in [0.2, 0.25) is 0 Å². The average molecular weight is 378 g/mol. The van der Waals surface area contributed by atoms with Crippen LogP contribution in [0.1, 0.15) is 31.9 Å². The maximum absolute atomic E-state index is 13.5. The minimum Gasteiger partial charge on any atom is -0.350 e. The fourth-order valence-corrected chi connectivity index (χ4v) is 3.12. The molecule has 1 saturated heterocycles. The number of hydrogen-bond donors (Lipinski definition) is 1. The Balaban J connectivity index is 1.99. The Morgan fingerprint density at radius 1 is 1.35 bits per heavy atom. The first kappa shape index (κ1) is 20.2. The predicted octanol–water partition coefficient (Wildman–Crippen LogP) is 2.78. The van der Waals surface area contributed by atoms with E-state index in [1.165, 1.54) is 28.8 Å². The van der Waals surface area contributed by atoms with E-state index in [1.807, 2.05) is 0 Å². The van der Waals surface area contributed by atoms with Crippen LogP contribution in [0.5, 0.6) is 0 Å². The summed E-state index contributed by atoms with van der Waals surface area (Å²) >= 11 is 1.25. The van der Waals surface area contributed by atoms with Crippen LogP contribution in [0.4, 0.5) is 4.39 Å². The van der Waals surface area contributed by atoms with E-state index in [1.54, 1.807) is 39.8 Å². The van der Waals surface area contributed by atoms with Gasteiger partial charge in [-0.15, -0.1) is 0 Å². The zero-order chi connectivity index (χ0) is 19.5. The highest BCUT2D eigenvalue weighted by atomic mass is 32.2. The number of thioether (sulfide) groups is 1. The molecule has 0 aliphatic carbocycles. The molecule has 0 aromatic heterocycles. The average Bonchev–Trinajstić information content (AvgIpc) is 2.88. The summed E-state index contributed by atoms with van der Waals surface area (Å²) in [5, 5.41) is 3.17. The van der Waals surface area contributed by atoms with Gasteiger partial charge < -0.3 is 5.32 Å². The third-order valence-electron chi connectivity index (χ3n) is 3.93. The van der Waals surface area contributed by atoms with Gasteiger partial charge in [0.1, 0.15) is 12.4 Å². The fourth-order valence-electron chi connectivity index (χ4n) is 2.18. The first-order valence-corrected chi connectivity index (χ1v) is 9.27. The first-order chi connectivity index (χ1) is 12.1. The van der Waals surface area contributed by atoms with Crippen molar-refractivity contribution in [2.75, 3.05) is 12.3 Å². The Morgan fingerprint density at radius 2 is 2.04 bits per heavy atom. The van der Waals surface area contributed by atoms with Crippen LogP contribution < -0.4 is 5.32 Å². The molecule has 7 heteroatoms. The molecule has 1 aromatic carbocycles. The van der Waals surface area contributed by atoms with Crippen LogP contribution >= 0.6 is 11.8 Å². The number of hydrogen-bond acceptors (Lipinski definition) is 4. The van der Waals surface area contributed by atoms with E-state index in [2.05, 4.69) is 5.32 Å². The number of amides is 2. The number of halogens is 1. The molecule has 0 atom stereocenters. The third kappa shape index (κ3) is 5.17. The number of rotatable bonds is 5. The van der Waals surface area contributed by atoms with Crippen LogP contribution in [-0.2, 0) is 20.9 Å². The van der Waals surface area contributed by atoms with Gasteiger partial charge in [-0.1, -0.05) is 44.7 Å². The standard InChI is InChI=1S/C19H23FN2O3S/c1-12-5-6-13(7-14(12)20)9-21-16(24)10-22-17(25)11-26-18(22)8-15(23)19(2,3)4/h5-8H,9-11H2,1-4H3,(H,21,24)/b18-8-. The minimum atomic E-state index is -0.553. The highest BCUT2D eigenvalue weighted by Gasteiger charge is 2.30. The van der Waals surface area contributed by atoms with Gasteiger partial charge in [-0.05, 0) is 24.1 Å². The molecule has 2 amide bonds. The van der Waals surface area contributed by atoms with Gasteiger partial charge in [0.2, 0.25) is 11.8 Å². The lowest BCUT2D eigenvalue weighted by Crippen LogP contribution is -2.37. The van der Waals surface area contributed by atoms with E-state index in [0.29, 0.717) is 16.2 Å². The molecular weight excluding hydrogens is 355 g/mol. The SMILES string of the molecule is Cc1ccc(CNC(=O)CN2C(=O)CS/C2=C\C(=O)C(C)(C)C)cc1F. The molecule has 1 heterocycles. The van der Waals surface area contributed by atoms with Gasteiger partial charge in [-0.25, -0.2) is 4.39 Å². The number of carbonyl (C=O) groups excluding carboxylic acids is 3. The van der Waals surface area contributed by atoms with E-state index in [9.17, 15) is 18.8 Å². The molecule has 0 unspecified atom stereocenters. The molecule has 2 rings (SSSR count). The van der Waals surface area contributed by atoms with Crippen LogP contribution in [0.25, 0.3) is 0 Å². The summed E-state index contributed by atoms with van der Waals surface area (Å²) in [5.74, 6) is -0.792. The highest BCUT2D eigenvalue weighted by Crippen LogP contribution is 2.30. The van der Waals surface area contributed by atoms with Crippen molar-refractivity contribution in [2.45, 2.75) is 34.2 Å². The minimum absolute atomic E-state index is 0.102. The summed E-state index contributed by atoms with van der Waals surface area (Å²) in [6, 6.07) is 4.76. The maximum Gasteiger partial charge on any atom is 0.240 e. The second-order valence-corrected chi connectivity index (χ2v) is 8.22.